The van der Waals surface area contributed by atoms with Crippen LogP contribution in [0.5, 0.6) is 0 Å². The Balaban J connectivity index is 1.80. The molecule has 2 fully saturated rings. The molecule has 134 valence electrons. The summed E-state index contributed by atoms with van der Waals surface area (Å²) in [5, 5.41) is 4.41. The molecule has 1 aromatic heterocycles. The Hall–Kier alpha value is -1.40. The van der Waals surface area contributed by atoms with Crippen molar-refractivity contribution in [2.45, 2.75) is 52.7 Å². The maximum atomic E-state index is 13.1. The van der Waals surface area contributed by atoms with Gasteiger partial charge >= 0.3 is 0 Å². The van der Waals surface area contributed by atoms with E-state index in [1.165, 1.54) is 0 Å². The molecule has 24 heavy (non-hydrogen) atoms. The molecule has 0 saturated carbocycles. The Morgan fingerprint density at radius 3 is 3.08 bits per heavy atom. The van der Waals surface area contributed by atoms with E-state index in [1.54, 1.807) is 4.68 Å². The van der Waals surface area contributed by atoms with Crippen LogP contribution >= 0.6 is 0 Å². The van der Waals surface area contributed by atoms with Gasteiger partial charge in [0.05, 0.1) is 18.4 Å². The minimum absolute atomic E-state index is 0.0612. The van der Waals surface area contributed by atoms with Crippen LogP contribution < -0.4 is 0 Å². The zero-order chi connectivity index (χ0) is 17.2. The average Bonchev–Trinajstić information content (AvgIpc) is 2.99. The summed E-state index contributed by atoms with van der Waals surface area (Å²) in [7, 11) is 0. The lowest BCUT2D eigenvalue weighted by Crippen LogP contribution is -2.58. The van der Waals surface area contributed by atoms with Gasteiger partial charge in [-0.3, -0.25) is 9.48 Å². The van der Waals surface area contributed by atoms with Crippen molar-refractivity contribution in [3.8, 4) is 0 Å². The van der Waals surface area contributed by atoms with Crippen molar-refractivity contribution in [3.63, 3.8) is 0 Å². The fourth-order valence-corrected chi connectivity index (χ4v) is 4.10. The molecule has 0 N–H and O–H groups in total. The van der Waals surface area contributed by atoms with Gasteiger partial charge < -0.3 is 14.4 Å². The van der Waals surface area contributed by atoms with Gasteiger partial charge in [0.25, 0.3) is 5.91 Å². The van der Waals surface area contributed by atoms with E-state index in [4.69, 9.17) is 9.47 Å². The van der Waals surface area contributed by atoms with E-state index in [2.05, 4.69) is 5.10 Å². The molecule has 2 aliphatic heterocycles. The number of piperidine rings is 1. The standard InChI is InChI=1S/C18H29N3O3/c1-4-21-15(11-14(3)19-21)17(22)20-9-7-16-18(12-20,13-23-5-2)8-6-10-24-16/h11,16H,4-10,12-13H2,1-3H3. The number of ether oxygens (including phenoxy) is 2. The van der Waals surface area contributed by atoms with Crippen molar-refractivity contribution in [1.29, 1.82) is 0 Å². The number of hydrogen-bond acceptors (Lipinski definition) is 4. The van der Waals surface area contributed by atoms with Crippen LogP contribution in [0.25, 0.3) is 0 Å². The predicted molar refractivity (Wildman–Crippen MR) is 91.1 cm³/mol. The van der Waals surface area contributed by atoms with Crippen molar-refractivity contribution in [1.82, 2.24) is 14.7 Å². The van der Waals surface area contributed by atoms with Crippen molar-refractivity contribution >= 4 is 5.91 Å². The monoisotopic (exact) mass is 335 g/mol. The molecular weight excluding hydrogens is 306 g/mol. The molecule has 0 spiro atoms. The van der Waals surface area contributed by atoms with Gasteiger partial charge in [-0.2, -0.15) is 5.10 Å². The van der Waals surface area contributed by atoms with E-state index in [1.807, 2.05) is 31.7 Å². The highest BCUT2D eigenvalue weighted by Crippen LogP contribution is 2.40. The van der Waals surface area contributed by atoms with Gasteiger partial charge in [-0.15, -0.1) is 0 Å². The quantitative estimate of drug-likeness (QED) is 0.828. The number of carbonyl (C=O) groups excluding carboxylic acids is 1. The molecule has 6 nitrogen and oxygen atoms in total. The number of aromatic nitrogens is 2. The van der Waals surface area contributed by atoms with E-state index in [-0.39, 0.29) is 17.4 Å². The second-order valence-corrected chi connectivity index (χ2v) is 6.96. The number of rotatable bonds is 5. The molecule has 2 atom stereocenters. The third-order valence-corrected chi connectivity index (χ3v) is 5.29. The number of hydrogen-bond donors (Lipinski definition) is 0. The minimum Gasteiger partial charge on any atom is -0.381 e. The zero-order valence-corrected chi connectivity index (χ0v) is 15.1. The molecule has 0 radical (unpaired) electrons. The maximum absolute atomic E-state index is 13.1. The first-order valence-corrected chi connectivity index (χ1v) is 9.12. The summed E-state index contributed by atoms with van der Waals surface area (Å²) in [5.74, 6) is 0.0809. The highest BCUT2D eigenvalue weighted by Gasteiger charge is 2.47. The molecule has 0 aliphatic carbocycles. The fourth-order valence-electron chi connectivity index (χ4n) is 4.10. The van der Waals surface area contributed by atoms with E-state index < -0.39 is 0 Å². The molecule has 3 heterocycles. The Labute approximate surface area is 144 Å². The summed E-state index contributed by atoms with van der Waals surface area (Å²) >= 11 is 0. The second kappa shape index (κ2) is 7.23. The summed E-state index contributed by atoms with van der Waals surface area (Å²) < 4.78 is 13.6. The normalized spacial score (nSPS) is 27.1. The summed E-state index contributed by atoms with van der Waals surface area (Å²) in [4.78, 5) is 15.0. The third kappa shape index (κ3) is 3.22. The van der Waals surface area contributed by atoms with E-state index in [9.17, 15) is 4.79 Å². The Kier molecular flexibility index (Phi) is 5.25. The van der Waals surface area contributed by atoms with Crippen molar-refractivity contribution < 1.29 is 14.3 Å². The topological polar surface area (TPSA) is 56.6 Å². The highest BCUT2D eigenvalue weighted by molar-refractivity contribution is 5.92. The number of aryl methyl sites for hydroxylation is 2. The van der Waals surface area contributed by atoms with Gasteiger partial charge in [-0.1, -0.05) is 0 Å². The first-order chi connectivity index (χ1) is 11.6. The van der Waals surface area contributed by atoms with Gasteiger partial charge in [-0.25, -0.2) is 0 Å². The average molecular weight is 335 g/mol. The SMILES string of the molecule is CCOCC12CCCOC1CCN(C(=O)c1cc(C)nn1CC)C2. The van der Waals surface area contributed by atoms with Crippen LogP contribution in [0.4, 0.5) is 0 Å². The third-order valence-electron chi connectivity index (χ3n) is 5.29. The van der Waals surface area contributed by atoms with Gasteiger partial charge in [-0.05, 0) is 46.1 Å². The van der Waals surface area contributed by atoms with Gasteiger partial charge in [0, 0.05) is 38.3 Å². The molecule has 3 rings (SSSR count). The smallest absolute Gasteiger partial charge is 0.272 e. The predicted octanol–water partition coefficient (Wildman–Crippen LogP) is 2.26. The largest absolute Gasteiger partial charge is 0.381 e. The Bertz CT molecular complexity index is 586. The molecule has 2 aliphatic rings. The molecule has 2 unspecified atom stereocenters. The summed E-state index contributed by atoms with van der Waals surface area (Å²) in [6.45, 7) is 10.3. The number of amides is 1. The van der Waals surface area contributed by atoms with Gasteiger partial charge in [0.15, 0.2) is 0 Å². The van der Waals surface area contributed by atoms with Gasteiger partial charge in [0.2, 0.25) is 0 Å². The maximum Gasteiger partial charge on any atom is 0.272 e. The lowest BCUT2D eigenvalue weighted by molar-refractivity contribution is -0.146. The fraction of sp³-hybridized carbons (Fsp3) is 0.778. The van der Waals surface area contributed by atoms with Crippen LogP contribution in [0.3, 0.4) is 0 Å². The van der Waals surface area contributed by atoms with Crippen LogP contribution in [0, 0.1) is 12.3 Å². The second-order valence-electron chi connectivity index (χ2n) is 6.96. The Morgan fingerprint density at radius 2 is 2.33 bits per heavy atom. The molecule has 1 amide bonds. The van der Waals surface area contributed by atoms with Crippen LogP contribution in [0.1, 0.15) is 49.3 Å². The first-order valence-electron chi connectivity index (χ1n) is 9.12. The van der Waals surface area contributed by atoms with Gasteiger partial charge in [0.1, 0.15) is 5.69 Å². The first kappa shape index (κ1) is 17.4. The number of fused-ring (bicyclic) bond motifs is 1. The highest BCUT2D eigenvalue weighted by atomic mass is 16.5. The van der Waals surface area contributed by atoms with E-state index >= 15 is 0 Å². The minimum atomic E-state index is -0.0612. The number of likely N-dealkylation sites (tertiary alicyclic amines) is 1. The molecule has 0 aromatic carbocycles. The molecular formula is C18H29N3O3. The van der Waals surface area contributed by atoms with Crippen molar-refractivity contribution in [2.24, 2.45) is 5.41 Å². The number of carbonyl (C=O) groups is 1. The summed E-state index contributed by atoms with van der Waals surface area (Å²) in [6.07, 6.45) is 3.20. The zero-order valence-electron chi connectivity index (χ0n) is 15.1. The molecule has 1 aromatic rings. The molecule has 2 saturated heterocycles. The van der Waals surface area contributed by atoms with E-state index in [0.29, 0.717) is 32.0 Å². The number of nitrogens with zero attached hydrogens (tertiary/aromatic N) is 3. The van der Waals surface area contributed by atoms with Crippen LogP contribution in [-0.2, 0) is 16.0 Å². The molecule has 0 bridgehead atoms. The van der Waals surface area contributed by atoms with Crippen molar-refractivity contribution in [3.05, 3.63) is 17.5 Å². The van der Waals surface area contributed by atoms with Crippen LogP contribution in [0.15, 0.2) is 6.07 Å². The van der Waals surface area contributed by atoms with E-state index in [0.717, 1.165) is 38.1 Å². The lowest BCUT2D eigenvalue weighted by atomic mass is 9.73. The molecule has 6 heteroatoms. The van der Waals surface area contributed by atoms with Crippen LogP contribution in [-0.4, -0.2) is 59.6 Å². The van der Waals surface area contributed by atoms with Crippen LogP contribution in [0.2, 0.25) is 0 Å². The summed E-state index contributed by atoms with van der Waals surface area (Å²) in [6, 6.07) is 1.89. The van der Waals surface area contributed by atoms with Crippen molar-refractivity contribution in [2.75, 3.05) is 32.9 Å². The Morgan fingerprint density at radius 1 is 1.50 bits per heavy atom. The lowest BCUT2D eigenvalue weighted by Gasteiger charge is -2.50. The summed E-state index contributed by atoms with van der Waals surface area (Å²) in [5.41, 5.74) is 1.52.